The highest BCUT2D eigenvalue weighted by Gasteiger charge is 2.15. The molecular formula is C13H16N6. The molecule has 2 aromatic rings. The van der Waals surface area contributed by atoms with Crippen LogP contribution in [0.15, 0.2) is 24.7 Å². The maximum atomic E-state index is 4.50. The molecule has 0 bridgehead atoms. The summed E-state index contributed by atoms with van der Waals surface area (Å²) in [6.07, 6.45) is 7.43. The zero-order valence-corrected chi connectivity index (χ0v) is 10.9. The lowest BCUT2D eigenvalue weighted by Crippen LogP contribution is -2.19. The molecule has 0 aliphatic carbocycles. The van der Waals surface area contributed by atoms with Gasteiger partial charge in [-0.25, -0.2) is 15.0 Å². The monoisotopic (exact) mass is 256 g/mol. The van der Waals surface area contributed by atoms with Crippen LogP contribution < -0.4 is 10.2 Å². The lowest BCUT2D eigenvalue weighted by atomic mass is 10.4. The largest absolute Gasteiger partial charge is 0.356 e. The van der Waals surface area contributed by atoms with Gasteiger partial charge in [-0.3, -0.25) is 4.98 Å². The van der Waals surface area contributed by atoms with Gasteiger partial charge in [0.15, 0.2) is 0 Å². The van der Waals surface area contributed by atoms with Crippen molar-refractivity contribution in [3.05, 3.63) is 30.5 Å². The highest BCUT2D eigenvalue weighted by atomic mass is 15.2. The Labute approximate surface area is 111 Å². The third-order valence-corrected chi connectivity index (χ3v) is 3.07. The first kappa shape index (κ1) is 11.8. The van der Waals surface area contributed by atoms with Crippen molar-refractivity contribution in [2.75, 3.05) is 23.3 Å². The summed E-state index contributed by atoms with van der Waals surface area (Å²) in [5, 5.41) is 3.16. The zero-order chi connectivity index (χ0) is 13.1. The number of nitrogens with one attached hydrogen (secondary N) is 1. The Hall–Kier alpha value is -2.24. The lowest BCUT2D eigenvalue weighted by Gasteiger charge is -2.17. The molecule has 98 valence electrons. The third kappa shape index (κ3) is 2.78. The second kappa shape index (κ2) is 5.17. The Morgan fingerprint density at radius 2 is 1.95 bits per heavy atom. The molecule has 1 aliphatic heterocycles. The minimum absolute atomic E-state index is 0.688. The summed E-state index contributed by atoms with van der Waals surface area (Å²) in [7, 11) is 0. The van der Waals surface area contributed by atoms with Crippen molar-refractivity contribution < 1.29 is 0 Å². The first-order valence-electron chi connectivity index (χ1n) is 6.45. The number of aryl methyl sites for hydroxylation is 1. The van der Waals surface area contributed by atoms with E-state index in [4.69, 9.17) is 0 Å². The molecule has 0 unspecified atom stereocenters. The smallest absolute Gasteiger partial charge is 0.150 e. The predicted octanol–water partition coefficient (Wildman–Crippen LogP) is 1.92. The highest BCUT2D eigenvalue weighted by molar-refractivity contribution is 5.56. The fourth-order valence-electron chi connectivity index (χ4n) is 2.22. The molecule has 1 saturated heterocycles. The Balaban J connectivity index is 1.85. The van der Waals surface area contributed by atoms with E-state index in [1.54, 1.807) is 18.6 Å². The van der Waals surface area contributed by atoms with Crippen LogP contribution in [-0.2, 0) is 0 Å². The van der Waals surface area contributed by atoms with E-state index in [1.165, 1.54) is 12.8 Å². The molecule has 0 amide bonds. The van der Waals surface area contributed by atoms with Crippen LogP contribution in [0.4, 0.5) is 17.5 Å². The molecule has 0 radical (unpaired) electrons. The van der Waals surface area contributed by atoms with Crippen molar-refractivity contribution >= 4 is 17.5 Å². The maximum Gasteiger partial charge on any atom is 0.150 e. The van der Waals surface area contributed by atoms with E-state index in [0.29, 0.717) is 5.82 Å². The van der Waals surface area contributed by atoms with Gasteiger partial charge in [-0.05, 0) is 19.8 Å². The van der Waals surface area contributed by atoms with E-state index in [2.05, 4.69) is 30.2 Å². The van der Waals surface area contributed by atoms with Crippen molar-refractivity contribution in [2.24, 2.45) is 0 Å². The molecule has 19 heavy (non-hydrogen) atoms. The van der Waals surface area contributed by atoms with Crippen molar-refractivity contribution in [1.29, 1.82) is 0 Å². The van der Waals surface area contributed by atoms with E-state index in [1.807, 2.05) is 13.0 Å². The molecule has 0 aromatic carbocycles. The summed E-state index contributed by atoms with van der Waals surface area (Å²) in [6.45, 7) is 4.05. The molecule has 1 N–H and O–H groups in total. The average Bonchev–Trinajstić information content (AvgIpc) is 2.93. The van der Waals surface area contributed by atoms with Crippen molar-refractivity contribution in [2.45, 2.75) is 19.8 Å². The van der Waals surface area contributed by atoms with Gasteiger partial charge in [0, 0.05) is 31.5 Å². The van der Waals surface area contributed by atoms with Gasteiger partial charge in [0.05, 0.1) is 6.20 Å². The number of hydrogen-bond acceptors (Lipinski definition) is 6. The van der Waals surface area contributed by atoms with Gasteiger partial charge in [-0.2, -0.15) is 0 Å². The second-order valence-electron chi connectivity index (χ2n) is 4.57. The first-order valence-corrected chi connectivity index (χ1v) is 6.45. The molecule has 1 aliphatic rings. The molecule has 6 nitrogen and oxygen atoms in total. The van der Waals surface area contributed by atoms with Crippen LogP contribution in [-0.4, -0.2) is 33.0 Å². The fraction of sp³-hybridized carbons (Fsp3) is 0.385. The van der Waals surface area contributed by atoms with Crippen LogP contribution in [0.1, 0.15) is 18.7 Å². The molecule has 2 aromatic heterocycles. The number of aromatic nitrogens is 4. The molecule has 3 rings (SSSR count). The van der Waals surface area contributed by atoms with Gasteiger partial charge in [0.2, 0.25) is 0 Å². The van der Waals surface area contributed by atoms with Gasteiger partial charge in [-0.15, -0.1) is 0 Å². The fourth-order valence-corrected chi connectivity index (χ4v) is 2.22. The van der Waals surface area contributed by atoms with Gasteiger partial charge < -0.3 is 10.2 Å². The molecule has 3 heterocycles. The minimum atomic E-state index is 0.688. The molecule has 6 heteroatoms. The number of anilines is 3. The van der Waals surface area contributed by atoms with Crippen LogP contribution in [0, 0.1) is 6.92 Å². The molecule has 0 spiro atoms. The Bertz CT molecular complexity index is 550. The van der Waals surface area contributed by atoms with E-state index in [0.717, 1.165) is 30.5 Å². The van der Waals surface area contributed by atoms with Gasteiger partial charge >= 0.3 is 0 Å². The maximum absolute atomic E-state index is 4.50. The minimum Gasteiger partial charge on any atom is -0.356 e. The van der Waals surface area contributed by atoms with Crippen LogP contribution in [0.3, 0.4) is 0 Å². The van der Waals surface area contributed by atoms with Crippen LogP contribution in [0.25, 0.3) is 0 Å². The summed E-state index contributed by atoms with van der Waals surface area (Å²) in [5.74, 6) is 3.19. The summed E-state index contributed by atoms with van der Waals surface area (Å²) in [4.78, 5) is 19.4. The van der Waals surface area contributed by atoms with Gasteiger partial charge in [0.1, 0.15) is 23.3 Å². The van der Waals surface area contributed by atoms with E-state index >= 15 is 0 Å². The van der Waals surface area contributed by atoms with Crippen molar-refractivity contribution in [1.82, 2.24) is 19.9 Å². The van der Waals surface area contributed by atoms with Gasteiger partial charge in [0.25, 0.3) is 0 Å². The van der Waals surface area contributed by atoms with E-state index < -0.39 is 0 Å². The third-order valence-electron chi connectivity index (χ3n) is 3.07. The first-order chi connectivity index (χ1) is 9.31. The lowest BCUT2D eigenvalue weighted by molar-refractivity contribution is 0.911. The zero-order valence-electron chi connectivity index (χ0n) is 10.9. The summed E-state index contributed by atoms with van der Waals surface area (Å²) in [6, 6.07) is 1.97. The second-order valence-corrected chi connectivity index (χ2v) is 4.57. The molecule has 1 fully saturated rings. The van der Waals surface area contributed by atoms with Crippen molar-refractivity contribution in [3.63, 3.8) is 0 Å². The number of rotatable bonds is 3. The van der Waals surface area contributed by atoms with Gasteiger partial charge in [-0.1, -0.05) is 0 Å². The Morgan fingerprint density at radius 3 is 2.68 bits per heavy atom. The standard InChI is InChI=1S/C13H16N6/c1-10-16-11(18-12-9-14-4-5-15-12)8-13(17-10)19-6-2-3-7-19/h4-5,8-9H,2-3,6-7H2,1H3,(H,15,16,17,18). The number of nitrogens with zero attached hydrogens (tertiary/aromatic N) is 5. The van der Waals surface area contributed by atoms with Crippen molar-refractivity contribution in [3.8, 4) is 0 Å². The Kier molecular flexibility index (Phi) is 3.22. The number of hydrogen-bond donors (Lipinski definition) is 1. The Morgan fingerprint density at radius 1 is 1.11 bits per heavy atom. The predicted molar refractivity (Wildman–Crippen MR) is 73.5 cm³/mol. The van der Waals surface area contributed by atoms with E-state index in [9.17, 15) is 0 Å². The topological polar surface area (TPSA) is 66.8 Å². The summed E-state index contributed by atoms with van der Waals surface area (Å²) < 4.78 is 0. The van der Waals surface area contributed by atoms with E-state index in [-0.39, 0.29) is 0 Å². The molecule has 0 saturated carbocycles. The normalized spacial score (nSPS) is 14.7. The molecular weight excluding hydrogens is 240 g/mol. The highest BCUT2D eigenvalue weighted by Crippen LogP contribution is 2.21. The SMILES string of the molecule is Cc1nc(Nc2cnccn2)cc(N2CCCC2)n1. The quantitative estimate of drug-likeness (QED) is 0.905. The van der Waals surface area contributed by atoms with Crippen LogP contribution >= 0.6 is 0 Å². The van der Waals surface area contributed by atoms with Crippen LogP contribution in [0.2, 0.25) is 0 Å². The van der Waals surface area contributed by atoms with Crippen LogP contribution in [0.5, 0.6) is 0 Å². The molecule has 0 atom stereocenters. The summed E-state index contributed by atoms with van der Waals surface area (Å²) >= 11 is 0. The summed E-state index contributed by atoms with van der Waals surface area (Å²) in [5.41, 5.74) is 0. The average molecular weight is 256 g/mol.